The molecule has 4 aromatic rings. The average molecular weight is 681 g/mol. The summed E-state index contributed by atoms with van der Waals surface area (Å²) in [5.74, 6) is -1.73. The van der Waals surface area contributed by atoms with Crippen LogP contribution in [0.15, 0.2) is 60.9 Å². The molecule has 1 aliphatic rings. The SMILES string of the molecule is CCOC(=O)[C@H](C)N[P@@](=O)(OC[C@H]1O[C@@](C#N)(c2ccc3c(N)ncnn23)[C@](C)(O)[C@@H]1OC(=O)C(C)C)Oc1cccc2ccccc12. The number of hydrogen-bond acceptors (Lipinski definition) is 13. The molecule has 254 valence electrons. The van der Waals surface area contributed by atoms with Crippen LogP contribution < -0.4 is 15.3 Å². The second-order valence-corrected chi connectivity index (χ2v) is 13.4. The Morgan fingerprint density at radius 1 is 1.17 bits per heavy atom. The molecule has 6 atom stereocenters. The van der Waals surface area contributed by atoms with E-state index in [1.807, 2.05) is 24.3 Å². The molecule has 0 bridgehead atoms. The van der Waals surface area contributed by atoms with Crippen LogP contribution >= 0.6 is 7.75 Å². The maximum absolute atomic E-state index is 14.5. The van der Waals surface area contributed by atoms with E-state index in [0.29, 0.717) is 10.9 Å². The van der Waals surface area contributed by atoms with Crippen molar-refractivity contribution in [3.8, 4) is 11.8 Å². The number of nitriles is 1. The number of aromatic nitrogens is 3. The number of nitrogens with two attached hydrogens (primary N) is 1. The minimum atomic E-state index is -4.49. The zero-order valence-electron chi connectivity index (χ0n) is 27.0. The first-order valence-corrected chi connectivity index (χ1v) is 16.8. The van der Waals surface area contributed by atoms with Crippen LogP contribution in [0.5, 0.6) is 5.75 Å². The first kappa shape index (κ1) is 34.7. The summed E-state index contributed by atoms with van der Waals surface area (Å²) < 4.78 is 44.8. The normalized spacial score (nSPS) is 24.2. The monoisotopic (exact) mass is 680 g/mol. The summed E-state index contributed by atoms with van der Waals surface area (Å²) in [6, 6.07) is 16.3. The van der Waals surface area contributed by atoms with Gasteiger partial charge in [-0.1, -0.05) is 50.2 Å². The van der Waals surface area contributed by atoms with Crippen LogP contribution in [0.1, 0.15) is 40.3 Å². The fourth-order valence-corrected chi connectivity index (χ4v) is 7.02. The molecule has 15 nitrogen and oxygen atoms in total. The highest BCUT2D eigenvalue weighted by Gasteiger charge is 2.67. The molecule has 2 aromatic heterocycles. The summed E-state index contributed by atoms with van der Waals surface area (Å²) in [7, 11) is -4.49. The lowest BCUT2D eigenvalue weighted by molar-refractivity contribution is -0.168. The number of carbonyl (C=O) groups excluding carboxylic acids is 2. The summed E-state index contributed by atoms with van der Waals surface area (Å²) in [6.07, 6.45) is -1.74. The second-order valence-electron chi connectivity index (χ2n) is 11.7. The molecule has 48 heavy (non-hydrogen) atoms. The number of esters is 2. The van der Waals surface area contributed by atoms with Crippen molar-refractivity contribution in [1.29, 1.82) is 5.26 Å². The molecule has 4 N–H and O–H groups in total. The third-order valence-corrected chi connectivity index (χ3v) is 9.65. The van der Waals surface area contributed by atoms with E-state index < -0.39 is 61.7 Å². The van der Waals surface area contributed by atoms with Crippen LogP contribution in [0, 0.1) is 17.2 Å². The lowest BCUT2D eigenvalue weighted by atomic mass is 9.80. The van der Waals surface area contributed by atoms with Gasteiger partial charge in [0, 0.05) is 5.39 Å². The highest BCUT2D eigenvalue weighted by Crippen LogP contribution is 2.51. The third-order valence-electron chi connectivity index (χ3n) is 8.02. The van der Waals surface area contributed by atoms with Gasteiger partial charge in [0.25, 0.3) is 0 Å². The molecule has 5 rings (SSSR count). The van der Waals surface area contributed by atoms with Gasteiger partial charge in [-0.15, -0.1) is 0 Å². The molecule has 0 radical (unpaired) electrons. The molecule has 0 amide bonds. The summed E-state index contributed by atoms with van der Waals surface area (Å²) >= 11 is 0. The van der Waals surface area contributed by atoms with E-state index in [2.05, 4.69) is 15.2 Å². The molecule has 0 spiro atoms. The number of nitrogens with one attached hydrogen (secondary N) is 1. The summed E-state index contributed by atoms with van der Waals surface area (Å²) in [5, 5.41) is 30.9. The number of hydrogen-bond donors (Lipinski definition) is 3. The lowest BCUT2D eigenvalue weighted by Gasteiger charge is -2.34. The van der Waals surface area contributed by atoms with Gasteiger partial charge in [-0.2, -0.15) is 15.4 Å². The highest BCUT2D eigenvalue weighted by molar-refractivity contribution is 7.52. The van der Waals surface area contributed by atoms with Crippen LogP contribution in [-0.2, 0) is 38.5 Å². The molecule has 0 aliphatic carbocycles. The Labute approximate surface area is 276 Å². The van der Waals surface area contributed by atoms with Gasteiger partial charge in [0.2, 0.25) is 5.60 Å². The number of fused-ring (bicyclic) bond motifs is 2. The number of benzene rings is 2. The van der Waals surface area contributed by atoms with E-state index in [1.54, 1.807) is 51.1 Å². The van der Waals surface area contributed by atoms with Crippen LogP contribution in [-0.4, -0.2) is 68.7 Å². The van der Waals surface area contributed by atoms with Gasteiger partial charge in [-0.3, -0.25) is 14.1 Å². The first-order chi connectivity index (χ1) is 22.8. The molecular weight excluding hydrogens is 643 g/mol. The zero-order chi connectivity index (χ0) is 34.9. The molecule has 0 unspecified atom stereocenters. The van der Waals surface area contributed by atoms with E-state index in [4.69, 9.17) is 29.0 Å². The van der Waals surface area contributed by atoms with Gasteiger partial charge >= 0.3 is 19.7 Å². The minimum Gasteiger partial charge on any atom is -0.465 e. The minimum absolute atomic E-state index is 0.0662. The van der Waals surface area contributed by atoms with E-state index in [0.717, 1.165) is 5.39 Å². The number of rotatable bonds is 12. The van der Waals surface area contributed by atoms with Gasteiger partial charge in [-0.05, 0) is 44.4 Å². The molecule has 16 heteroatoms. The topological polar surface area (TPSA) is 210 Å². The number of aliphatic hydroxyl groups is 1. The fraction of sp³-hybridized carbons (Fsp3) is 0.406. The predicted molar refractivity (Wildman–Crippen MR) is 172 cm³/mol. The van der Waals surface area contributed by atoms with Gasteiger partial charge in [0.15, 0.2) is 11.9 Å². The number of carbonyl (C=O) groups is 2. The van der Waals surface area contributed by atoms with Crippen molar-refractivity contribution in [3.63, 3.8) is 0 Å². The maximum atomic E-state index is 14.5. The van der Waals surface area contributed by atoms with Gasteiger partial charge < -0.3 is 29.6 Å². The quantitative estimate of drug-likeness (QED) is 0.144. The second kappa shape index (κ2) is 13.5. The standard InChI is InChI=1S/C32H37N6O9P/c1-6-43-30(40)20(4)37-48(42,47-24-13-9-11-21-10-7-8-12-22(21)24)44-16-25-27(45-29(39)19(2)3)31(5,41)32(17-33,46-25)26-15-14-23-28(34)35-18-36-38(23)26/h7-15,18-20,25,27,41H,6,16H2,1-5H3,(H,37,42)(H2,34,35,36)/t20-,25+,27+,31+,32-,48+/m0/s1. The molecule has 1 saturated heterocycles. The molecule has 1 fully saturated rings. The first-order valence-electron chi connectivity index (χ1n) is 15.2. The summed E-state index contributed by atoms with van der Waals surface area (Å²) in [5.41, 5.74) is 1.99. The van der Waals surface area contributed by atoms with E-state index in [-0.39, 0.29) is 23.9 Å². The van der Waals surface area contributed by atoms with Crippen molar-refractivity contribution in [2.45, 2.75) is 64.1 Å². The van der Waals surface area contributed by atoms with Gasteiger partial charge in [-0.25, -0.2) is 14.1 Å². The Bertz CT molecular complexity index is 1920. The smallest absolute Gasteiger partial charge is 0.459 e. The fourth-order valence-electron chi connectivity index (χ4n) is 5.50. The average Bonchev–Trinajstić information content (AvgIpc) is 3.58. The number of nitrogen functional groups attached to an aromatic ring is 1. The molecule has 1 aliphatic heterocycles. The summed E-state index contributed by atoms with van der Waals surface area (Å²) in [4.78, 5) is 29.5. The Kier molecular flexibility index (Phi) is 9.77. The number of nitrogens with zero attached hydrogens (tertiary/aromatic N) is 4. The summed E-state index contributed by atoms with van der Waals surface area (Å²) in [6.45, 7) is 6.98. The largest absolute Gasteiger partial charge is 0.465 e. The Morgan fingerprint density at radius 2 is 1.90 bits per heavy atom. The van der Waals surface area contributed by atoms with Gasteiger partial charge in [0.05, 0.1) is 24.8 Å². The molecule has 2 aromatic carbocycles. The van der Waals surface area contributed by atoms with E-state index in [1.165, 1.54) is 30.8 Å². The van der Waals surface area contributed by atoms with Crippen LogP contribution in [0.2, 0.25) is 0 Å². The molecular formula is C32H37N6O9P. The predicted octanol–water partition coefficient (Wildman–Crippen LogP) is 3.65. The Balaban J connectivity index is 1.54. The Morgan fingerprint density at radius 3 is 2.60 bits per heavy atom. The third kappa shape index (κ3) is 6.33. The Hall–Kier alpha value is -4.58. The van der Waals surface area contributed by atoms with Crippen molar-refractivity contribution in [2.24, 2.45) is 5.92 Å². The van der Waals surface area contributed by atoms with Crippen LogP contribution in [0.4, 0.5) is 5.82 Å². The van der Waals surface area contributed by atoms with E-state index in [9.17, 15) is 24.5 Å². The van der Waals surface area contributed by atoms with Gasteiger partial charge in [0.1, 0.15) is 41.4 Å². The lowest BCUT2D eigenvalue weighted by Crippen LogP contribution is -2.54. The van der Waals surface area contributed by atoms with Crippen molar-refractivity contribution in [3.05, 3.63) is 66.6 Å². The van der Waals surface area contributed by atoms with Crippen molar-refractivity contribution >= 4 is 41.8 Å². The molecule has 3 heterocycles. The zero-order valence-corrected chi connectivity index (χ0v) is 27.9. The number of ether oxygens (including phenoxy) is 3. The molecule has 0 saturated carbocycles. The number of anilines is 1. The van der Waals surface area contributed by atoms with Crippen molar-refractivity contribution < 1.29 is 42.5 Å². The van der Waals surface area contributed by atoms with E-state index >= 15 is 0 Å². The van der Waals surface area contributed by atoms with Crippen molar-refractivity contribution in [1.82, 2.24) is 19.7 Å². The van der Waals surface area contributed by atoms with Crippen LogP contribution in [0.3, 0.4) is 0 Å². The highest BCUT2D eigenvalue weighted by atomic mass is 31.2. The van der Waals surface area contributed by atoms with Crippen molar-refractivity contribution in [2.75, 3.05) is 18.9 Å². The maximum Gasteiger partial charge on any atom is 0.459 e. The van der Waals surface area contributed by atoms with Crippen LogP contribution in [0.25, 0.3) is 16.3 Å².